The lowest BCUT2D eigenvalue weighted by molar-refractivity contribution is -0.124. The van der Waals surface area contributed by atoms with Crippen molar-refractivity contribution in [3.8, 4) is 0 Å². The van der Waals surface area contributed by atoms with Crippen molar-refractivity contribution >= 4 is 5.91 Å². The predicted octanol–water partition coefficient (Wildman–Crippen LogP) is -0.404. The van der Waals surface area contributed by atoms with Crippen LogP contribution in [-0.4, -0.2) is 68.1 Å². The zero-order valence-electron chi connectivity index (χ0n) is 11.9. The van der Waals surface area contributed by atoms with E-state index in [0.29, 0.717) is 32.3 Å². The maximum Gasteiger partial charge on any atom is 0.221 e. The van der Waals surface area contributed by atoms with E-state index in [1.807, 2.05) is 0 Å². The van der Waals surface area contributed by atoms with Crippen molar-refractivity contribution in [2.75, 3.05) is 40.0 Å². The smallest absolute Gasteiger partial charge is 0.221 e. The van der Waals surface area contributed by atoms with E-state index in [4.69, 9.17) is 15.2 Å². The van der Waals surface area contributed by atoms with Gasteiger partial charge in [-0.3, -0.25) is 9.69 Å². The maximum atomic E-state index is 11.2. The van der Waals surface area contributed by atoms with Crippen LogP contribution in [0.3, 0.4) is 0 Å². The number of amides is 1. The fourth-order valence-electron chi connectivity index (χ4n) is 2.35. The molecule has 3 unspecified atom stereocenters. The first-order chi connectivity index (χ1) is 9.04. The SMILES string of the molecule is COCCOCC(O)CN1CC(C(N)=O)CCC1C. The number of carbonyl (C=O) groups is 1. The van der Waals surface area contributed by atoms with Gasteiger partial charge in [-0.25, -0.2) is 0 Å². The Kier molecular flexibility index (Phi) is 7.30. The van der Waals surface area contributed by atoms with Crippen LogP contribution in [-0.2, 0) is 14.3 Å². The summed E-state index contributed by atoms with van der Waals surface area (Å²) < 4.78 is 10.2. The van der Waals surface area contributed by atoms with Crippen LogP contribution in [0.1, 0.15) is 19.8 Å². The van der Waals surface area contributed by atoms with Crippen molar-refractivity contribution < 1.29 is 19.4 Å². The van der Waals surface area contributed by atoms with Gasteiger partial charge in [0.05, 0.1) is 31.8 Å². The highest BCUT2D eigenvalue weighted by atomic mass is 16.5. The first kappa shape index (κ1) is 16.4. The van der Waals surface area contributed by atoms with E-state index in [9.17, 15) is 9.90 Å². The van der Waals surface area contributed by atoms with Crippen molar-refractivity contribution in [2.45, 2.75) is 31.9 Å². The number of β-amino-alcohol motifs (C(OH)–C–C–N with tert-alkyl or cyclic N) is 1. The van der Waals surface area contributed by atoms with Gasteiger partial charge in [-0.05, 0) is 19.8 Å². The van der Waals surface area contributed by atoms with Crippen molar-refractivity contribution in [1.29, 1.82) is 0 Å². The van der Waals surface area contributed by atoms with Crippen LogP contribution in [0.2, 0.25) is 0 Å². The molecule has 1 rings (SSSR count). The first-order valence-electron chi connectivity index (χ1n) is 6.82. The summed E-state index contributed by atoms with van der Waals surface area (Å²) in [6.45, 7) is 4.54. The molecule has 6 nitrogen and oxygen atoms in total. The van der Waals surface area contributed by atoms with Crippen molar-refractivity contribution in [3.63, 3.8) is 0 Å². The number of ether oxygens (including phenoxy) is 2. The highest BCUT2D eigenvalue weighted by Gasteiger charge is 2.29. The summed E-state index contributed by atoms with van der Waals surface area (Å²) in [7, 11) is 1.61. The van der Waals surface area contributed by atoms with Crippen LogP contribution < -0.4 is 5.73 Å². The van der Waals surface area contributed by atoms with Gasteiger partial charge < -0.3 is 20.3 Å². The second-order valence-corrected chi connectivity index (χ2v) is 5.20. The van der Waals surface area contributed by atoms with Crippen LogP contribution >= 0.6 is 0 Å². The number of likely N-dealkylation sites (tertiary alicyclic amines) is 1. The number of hydrogen-bond acceptors (Lipinski definition) is 5. The number of methoxy groups -OCH3 is 1. The number of rotatable bonds is 8. The number of aliphatic hydroxyl groups is 1. The van der Waals surface area contributed by atoms with E-state index < -0.39 is 6.10 Å². The molecule has 19 heavy (non-hydrogen) atoms. The minimum Gasteiger partial charge on any atom is -0.389 e. The third-order valence-electron chi connectivity index (χ3n) is 3.60. The van der Waals surface area contributed by atoms with Gasteiger partial charge in [0.15, 0.2) is 0 Å². The van der Waals surface area contributed by atoms with Crippen molar-refractivity contribution in [1.82, 2.24) is 4.90 Å². The van der Waals surface area contributed by atoms with E-state index in [0.717, 1.165) is 12.8 Å². The molecule has 0 aromatic heterocycles. The van der Waals surface area contributed by atoms with E-state index >= 15 is 0 Å². The Labute approximate surface area is 114 Å². The number of hydrogen-bond donors (Lipinski definition) is 2. The second kappa shape index (κ2) is 8.47. The van der Waals surface area contributed by atoms with Crippen LogP contribution in [0, 0.1) is 5.92 Å². The largest absolute Gasteiger partial charge is 0.389 e. The fourth-order valence-corrected chi connectivity index (χ4v) is 2.35. The third kappa shape index (κ3) is 5.86. The summed E-state index contributed by atoms with van der Waals surface area (Å²) >= 11 is 0. The minimum atomic E-state index is -0.550. The molecule has 0 saturated carbocycles. The van der Waals surface area contributed by atoms with Gasteiger partial charge in [0.1, 0.15) is 0 Å². The molecule has 1 aliphatic rings. The average molecular weight is 274 g/mol. The topological polar surface area (TPSA) is 85.0 Å². The molecule has 1 saturated heterocycles. The molecule has 0 aliphatic carbocycles. The molecular formula is C13H26N2O4. The molecule has 0 aromatic carbocycles. The van der Waals surface area contributed by atoms with Crippen LogP contribution in [0.4, 0.5) is 0 Å². The molecule has 0 aromatic rings. The van der Waals surface area contributed by atoms with Crippen LogP contribution in [0.25, 0.3) is 0 Å². The van der Waals surface area contributed by atoms with Crippen molar-refractivity contribution in [2.24, 2.45) is 11.7 Å². The Morgan fingerprint density at radius 2 is 2.21 bits per heavy atom. The molecule has 0 spiro atoms. The molecule has 6 heteroatoms. The molecule has 3 atom stereocenters. The summed E-state index contributed by atoms with van der Waals surface area (Å²) in [6.07, 6.45) is 1.23. The number of primary amides is 1. The molecule has 1 aliphatic heterocycles. The molecule has 112 valence electrons. The predicted molar refractivity (Wildman–Crippen MR) is 71.7 cm³/mol. The van der Waals surface area contributed by atoms with Gasteiger partial charge in [0, 0.05) is 26.2 Å². The second-order valence-electron chi connectivity index (χ2n) is 5.20. The number of carbonyl (C=O) groups excluding carboxylic acids is 1. The van der Waals surface area contributed by atoms with E-state index in [1.165, 1.54) is 0 Å². The van der Waals surface area contributed by atoms with E-state index in [1.54, 1.807) is 7.11 Å². The minimum absolute atomic E-state index is 0.0993. The number of nitrogens with two attached hydrogens (primary N) is 1. The molecule has 0 bridgehead atoms. The Hall–Kier alpha value is -0.690. The highest BCUT2D eigenvalue weighted by molar-refractivity contribution is 5.76. The summed E-state index contributed by atoms with van der Waals surface area (Å²) in [5.41, 5.74) is 5.35. The first-order valence-corrected chi connectivity index (χ1v) is 6.82. The Balaban J connectivity index is 2.30. The lowest BCUT2D eigenvalue weighted by Crippen LogP contribution is -2.49. The highest BCUT2D eigenvalue weighted by Crippen LogP contribution is 2.21. The zero-order chi connectivity index (χ0) is 14.3. The Bertz CT molecular complexity index is 275. The number of nitrogens with zero attached hydrogens (tertiary/aromatic N) is 1. The molecule has 1 amide bonds. The van der Waals surface area contributed by atoms with Gasteiger partial charge in [-0.1, -0.05) is 0 Å². The quantitative estimate of drug-likeness (QED) is 0.588. The van der Waals surface area contributed by atoms with E-state index in [-0.39, 0.29) is 18.4 Å². The molecule has 0 radical (unpaired) electrons. The monoisotopic (exact) mass is 274 g/mol. The van der Waals surface area contributed by atoms with Gasteiger partial charge in [0.2, 0.25) is 5.91 Å². The van der Waals surface area contributed by atoms with Gasteiger partial charge in [-0.15, -0.1) is 0 Å². The normalized spacial score (nSPS) is 26.3. The lowest BCUT2D eigenvalue weighted by atomic mass is 9.93. The lowest BCUT2D eigenvalue weighted by Gasteiger charge is -2.37. The van der Waals surface area contributed by atoms with Gasteiger partial charge >= 0.3 is 0 Å². The zero-order valence-corrected chi connectivity index (χ0v) is 11.9. The molecular weight excluding hydrogens is 248 g/mol. The fraction of sp³-hybridized carbons (Fsp3) is 0.923. The number of aliphatic hydroxyl groups excluding tert-OH is 1. The van der Waals surface area contributed by atoms with Crippen LogP contribution in [0.15, 0.2) is 0 Å². The molecule has 1 fully saturated rings. The Morgan fingerprint density at radius 3 is 2.84 bits per heavy atom. The maximum absolute atomic E-state index is 11.2. The standard InChI is InChI=1S/C13H26N2O4/c1-10-3-4-11(13(14)17)7-15(10)8-12(16)9-19-6-5-18-2/h10-12,16H,3-9H2,1-2H3,(H2,14,17). The molecule has 3 N–H and O–H groups in total. The summed E-state index contributed by atoms with van der Waals surface area (Å²) in [5.74, 6) is -0.347. The number of piperidine rings is 1. The van der Waals surface area contributed by atoms with Gasteiger partial charge in [-0.2, -0.15) is 0 Å². The van der Waals surface area contributed by atoms with E-state index in [2.05, 4.69) is 11.8 Å². The van der Waals surface area contributed by atoms with Crippen molar-refractivity contribution in [3.05, 3.63) is 0 Å². The summed E-state index contributed by atoms with van der Waals surface area (Å²) in [6, 6.07) is 0.365. The average Bonchev–Trinajstić information content (AvgIpc) is 2.37. The molecule has 1 heterocycles. The van der Waals surface area contributed by atoms with Gasteiger partial charge in [0.25, 0.3) is 0 Å². The van der Waals surface area contributed by atoms with Crippen LogP contribution in [0.5, 0.6) is 0 Å². The Morgan fingerprint density at radius 1 is 1.47 bits per heavy atom. The summed E-state index contributed by atoms with van der Waals surface area (Å²) in [4.78, 5) is 13.3. The third-order valence-corrected chi connectivity index (χ3v) is 3.60. The summed E-state index contributed by atoms with van der Waals surface area (Å²) in [5, 5.41) is 9.92.